The van der Waals surface area contributed by atoms with Crippen LogP contribution < -0.4 is 10.1 Å². The maximum absolute atomic E-state index is 12.9. The van der Waals surface area contributed by atoms with E-state index in [1.54, 1.807) is 12.1 Å². The number of para-hydroxylation sites is 1. The molecule has 2 aromatic rings. The van der Waals surface area contributed by atoms with E-state index in [1.807, 2.05) is 43.3 Å². The largest absolute Gasteiger partial charge is 0.455 e. The monoisotopic (exact) mass is 441 g/mol. The molecule has 2 amide bonds. The van der Waals surface area contributed by atoms with E-state index in [0.29, 0.717) is 23.6 Å². The second-order valence-electron chi connectivity index (χ2n) is 7.71. The van der Waals surface area contributed by atoms with Gasteiger partial charge < -0.3 is 10.1 Å². The Balaban J connectivity index is 1.54. The minimum Gasteiger partial charge on any atom is -0.455 e. The average Bonchev–Trinajstić information content (AvgIpc) is 3.10. The van der Waals surface area contributed by atoms with Crippen molar-refractivity contribution in [2.75, 3.05) is 16.8 Å². The molecule has 2 aliphatic heterocycles. The lowest BCUT2D eigenvalue weighted by Crippen LogP contribution is -2.42. The molecule has 2 aliphatic rings. The molecular weight excluding hydrogens is 418 g/mol. The van der Waals surface area contributed by atoms with Crippen molar-refractivity contribution in [3.8, 4) is 11.5 Å². The van der Waals surface area contributed by atoms with Gasteiger partial charge in [-0.15, -0.1) is 0 Å². The summed E-state index contributed by atoms with van der Waals surface area (Å²) in [5, 5.41) is 8.24. The summed E-state index contributed by atoms with van der Waals surface area (Å²) >= 11 is 0. The fourth-order valence-corrected chi connectivity index (χ4v) is 5.32. The van der Waals surface area contributed by atoms with Gasteiger partial charge in [-0.25, -0.2) is 13.4 Å². The van der Waals surface area contributed by atoms with E-state index in [4.69, 9.17) is 4.74 Å². The van der Waals surface area contributed by atoms with Crippen LogP contribution in [0.5, 0.6) is 11.5 Å². The Morgan fingerprint density at radius 1 is 1.16 bits per heavy atom. The first kappa shape index (κ1) is 21.0. The highest BCUT2D eigenvalue weighted by molar-refractivity contribution is 7.91. The Morgan fingerprint density at radius 2 is 1.94 bits per heavy atom. The number of nitrogens with one attached hydrogen (secondary N) is 1. The van der Waals surface area contributed by atoms with Crippen LogP contribution in [-0.2, 0) is 19.4 Å². The molecule has 0 spiro atoms. The van der Waals surface area contributed by atoms with E-state index in [2.05, 4.69) is 10.4 Å². The van der Waals surface area contributed by atoms with Gasteiger partial charge in [0.05, 0.1) is 23.2 Å². The second kappa shape index (κ2) is 8.50. The van der Waals surface area contributed by atoms with Crippen molar-refractivity contribution in [1.82, 2.24) is 5.01 Å². The summed E-state index contributed by atoms with van der Waals surface area (Å²) in [5.41, 5.74) is 1.62. The van der Waals surface area contributed by atoms with Gasteiger partial charge in [-0.1, -0.05) is 24.3 Å². The first-order valence-corrected chi connectivity index (χ1v) is 11.9. The van der Waals surface area contributed by atoms with Gasteiger partial charge in [0.1, 0.15) is 11.5 Å². The molecule has 162 valence electrons. The highest BCUT2D eigenvalue weighted by Gasteiger charge is 2.37. The number of carbonyl (C=O) groups excluding carboxylic acids is 2. The predicted octanol–water partition coefficient (Wildman–Crippen LogP) is 2.89. The van der Waals surface area contributed by atoms with Crippen LogP contribution in [0.4, 0.5) is 5.69 Å². The van der Waals surface area contributed by atoms with Crippen LogP contribution in [0.2, 0.25) is 0 Å². The Labute approximate surface area is 180 Å². The Bertz CT molecular complexity index is 1140. The molecule has 9 heteroatoms. The van der Waals surface area contributed by atoms with Crippen molar-refractivity contribution in [3.05, 3.63) is 54.1 Å². The van der Waals surface area contributed by atoms with E-state index >= 15 is 0 Å². The van der Waals surface area contributed by atoms with E-state index in [-0.39, 0.29) is 36.0 Å². The number of nitrogens with zero attached hydrogens (tertiary/aromatic N) is 2. The molecule has 0 radical (unpaired) electrons. The number of hydrazone groups is 1. The Morgan fingerprint density at radius 3 is 2.65 bits per heavy atom. The summed E-state index contributed by atoms with van der Waals surface area (Å²) < 4.78 is 29.5. The maximum Gasteiger partial charge on any atom is 0.271 e. The van der Waals surface area contributed by atoms with E-state index in [1.165, 1.54) is 5.01 Å². The second-order valence-corrected chi connectivity index (χ2v) is 9.94. The fraction of sp³-hybridized carbons (Fsp3) is 0.318. The number of carbonyl (C=O) groups is 2. The molecule has 0 unspecified atom stereocenters. The van der Waals surface area contributed by atoms with Crippen molar-refractivity contribution in [2.24, 2.45) is 5.10 Å². The molecule has 1 N–H and O–H groups in total. The topological polar surface area (TPSA) is 105 Å². The molecular formula is C22H23N3O5S. The Kier molecular flexibility index (Phi) is 5.77. The molecule has 4 rings (SSSR count). The van der Waals surface area contributed by atoms with Crippen molar-refractivity contribution in [2.45, 2.75) is 32.2 Å². The average molecular weight is 442 g/mol. The molecule has 1 saturated heterocycles. The molecule has 0 saturated carbocycles. The number of sulfone groups is 1. The lowest BCUT2D eigenvalue weighted by molar-refractivity contribution is -0.133. The standard InChI is InChI=1S/C22H23N3O5S/c1-15-7-9-20(30-17-5-3-2-4-6-17)19(13-15)23-22(27)18-8-10-21(26)25(24-18)16-11-12-31(28,29)14-16/h2-7,9,13,16H,8,10-12,14H2,1H3,(H,23,27)/t16-/m0/s1. The Hall–Kier alpha value is -3.20. The van der Waals surface area contributed by atoms with Gasteiger partial charge >= 0.3 is 0 Å². The third-order valence-electron chi connectivity index (χ3n) is 5.23. The minimum atomic E-state index is -3.17. The van der Waals surface area contributed by atoms with Crippen LogP contribution in [0.25, 0.3) is 0 Å². The van der Waals surface area contributed by atoms with Crippen LogP contribution in [0, 0.1) is 6.92 Å². The van der Waals surface area contributed by atoms with Crippen LogP contribution >= 0.6 is 0 Å². The SMILES string of the molecule is Cc1ccc(Oc2ccccc2)c(NC(=O)C2=NN([C@H]3CCS(=O)(=O)C3)C(=O)CC2)c1. The molecule has 1 atom stereocenters. The van der Waals surface area contributed by atoms with E-state index in [0.717, 1.165) is 5.56 Å². The summed E-state index contributed by atoms with van der Waals surface area (Å²) in [5.74, 6) is 0.322. The number of ether oxygens (including phenoxy) is 1. The minimum absolute atomic E-state index is 0.0297. The molecule has 2 aromatic carbocycles. The van der Waals surface area contributed by atoms with Crippen LogP contribution in [0.3, 0.4) is 0 Å². The smallest absolute Gasteiger partial charge is 0.271 e. The molecule has 1 fully saturated rings. The maximum atomic E-state index is 12.9. The third kappa shape index (κ3) is 4.93. The summed E-state index contributed by atoms with van der Waals surface area (Å²) in [6, 6.07) is 14.2. The predicted molar refractivity (Wildman–Crippen MR) is 117 cm³/mol. The number of amides is 2. The highest BCUT2D eigenvalue weighted by Crippen LogP contribution is 2.31. The zero-order valence-electron chi connectivity index (χ0n) is 17.1. The summed E-state index contributed by atoms with van der Waals surface area (Å²) in [6.45, 7) is 1.90. The number of hydrogen-bond donors (Lipinski definition) is 1. The number of rotatable bonds is 5. The van der Waals surface area contributed by atoms with Gasteiger partial charge in [0.15, 0.2) is 15.6 Å². The quantitative estimate of drug-likeness (QED) is 0.768. The molecule has 2 heterocycles. The van der Waals surface area contributed by atoms with Crippen LogP contribution in [-0.4, -0.2) is 48.5 Å². The van der Waals surface area contributed by atoms with Gasteiger partial charge in [0, 0.05) is 12.8 Å². The molecule has 0 aliphatic carbocycles. The fourth-order valence-electron chi connectivity index (χ4n) is 3.63. The molecule has 8 nitrogen and oxygen atoms in total. The zero-order valence-corrected chi connectivity index (χ0v) is 17.9. The number of hydrogen-bond acceptors (Lipinski definition) is 6. The van der Waals surface area contributed by atoms with Crippen molar-refractivity contribution in [3.63, 3.8) is 0 Å². The zero-order chi connectivity index (χ0) is 22.0. The molecule has 31 heavy (non-hydrogen) atoms. The van der Waals surface area contributed by atoms with Crippen molar-refractivity contribution >= 4 is 33.1 Å². The van der Waals surface area contributed by atoms with Crippen LogP contribution in [0.1, 0.15) is 24.8 Å². The highest BCUT2D eigenvalue weighted by atomic mass is 32.2. The first-order chi connectivity index (χ1) is 14.8. The number of benzene rings is 2. The molecule has 0 bridgehead atoms. The van der Waals surface area contributed by atoms with Gasteiger partial charge in [0.2, 0.25) is 5.91 Å². The first-order valence-electron chi connectivity index (χ1n) is 10.1. The third-order valence-corrected chi connectivity index (χ3v) is 6.98. The van der Waals surface area contributed by atoms with Crippen LogP contribution in [0.15, 0.2) is 53.6 Å². The number of aryl methyl sites for hydroxylation is 1. The lowest BCUT2D eigenvalue weighted by Gasteiger charge is -2.27. The van der Waals surface area contributed by atoms with Gasteiger partial charge in [-0.3, -0.25) is 9.59 Å². The van der Waals surface area contributed by atoms with Gasteiger partial charge in [-0.05, 0) is 43.2 Å². The van der Waals surface area contributed by atoms with E-state index in [9.17, 15) is 18.0 Å². The van der Waals surface area contributed by atoms with Gasteiger partial charge in [0.25, 0.3) is 5.91 Å². The summed E-state index contributed by atoms with van der Waals surface area (Å²) in [6.07, 6.45) is 0.644. The molecule has 0 aromatic heterocycles. The van der Waals surface area contributed by atoms with E-state index < -0.39 is 21.8 Å². The number of anilines is 1. The lowest BCUT2D eigenvalue weighted by atomic mass is 10.1. The normalized spacial score (nSPS) is 20.3. The van der Waals surface area contributed by atoms with Crippen molar-refractivity contribution in [1.29, 1.82) is 0 Å². The summed E-state index contributed by atoms with van der Waals surface area (Å²) in [4.78, 5) is 25.2. The van der Waals surface area contributed by atoms with Gasteiger partial charge in [-0.2, -0.15) is 5.10 Å². The summed E-state index contributed by atoms with van der Waals surface area (Å²) in [7, 11) is -3.17. The van der Waals surface area contributed by atoms with Crippen molar-refractivity contribution < 1.29 is 22.7 Å².